The van der Waals surface area contributed by atoms with Crippen LogP contribution < -0.4 is 0 Å². The first-order valence-corrected chi connectivity index (χ1v) is 7.72. The van der Waals surface area contributed by atoms with Crippen molar-refractivity contribution < 1.29 is 14.6 Å². The lowest BCUT2D eigenvalue weighted by Crippen LogP contribution is -2.38. The fourth-order valence-electron chi connectivity index (χ4n) is 3.57. The van der Waals surface area contributed by atoms with Crippen molar-refractivity contribution in [3.05, 3.63) is 5.82 Å². The number of hydrogen-bond acceptors (Lipinski definition) is 5. The first-order valence-electron chi connectivity index (χ1n) is 7.72. The fraction of sp³-hybridized carbons (Fsp3) is 0.857. The average molecular weight is 294 g/mol. The normalized spacial score (nSPS) is 28.6. The summed E-state index contributed by atoms with van der Waals surface area (Å²) in [6, 6.07) is 0. The summed E-state index contributed by atoms with van der Waals surface area (Å²) in [4.78, 5) is 11.8. The molecule has 1 aliphatic carbocycles. The minimum Gasteiger partial charge on any atom is -0.481 e. The van der Waals surface area contributed by atoms with Crippen LogP contribution in [0.1, 0.15) is 57.2 Å². The Kier molecular flexibility index (Phi) is 3.93. The lowest BCUT2D eigenvalue weighted by molar-refractivity contribution is -0.152. The van der Waals surface area contributed by atoms with Crippen LogP contribution in [0.25, 0.3) is 0 Å². The number of carboxylic acid groups (broad SMARTS) is 1. The van der Waals surface area contributed by atoms with Crippen molar-refractivity contribution in [3.8, 4) is 0 Å². The summed E-state index contributed by atoms with van der Waals surface area (Å²) in [6.45, 7) is 3.02. The van der Waals surface area contributed by atoms with E-state index in [1.165, 1.54) is 0 Å². The van der Waals surface area contributed by atoms with Crippen molar-refractivity contribution >= 4 is 5.97 Å². The molecule has 0 aromatic carbocycles. The molecule has 0 bridgehead atoms. The highest BCUT2D eigenvalue weighted by molar-refractivity contribution is 5.74. The number of aromatic nitrogens is 4. The Balaban J connectivity index is 1.81. The Bertz CT molecular complexity index is 510. The minimum absolute atomic E-state index is 0.171. The number of carboxylic acids is 1. The third-order valence-electron chi connectivity index (χ3n) is 4.84. The number of carbonyl (C=O) groups is 1. The van der Waals surface area contributed by atoms with Gasteiger partial charge in [-0.05, 0) is 36.6 Å². The summed E-state index contributed by atoms with van der Waals surface area (Å²) in [5.74, 6) is 0.217. The molecular weight excluding hydrogens is 272 g/mol. The molecule has 1 aliphatic heterocycles. The number of rotatable bonds is 4. The van der Waals surface area contributed by atoms with Crippen LogP contribution >= 0.6 is 0 Å². The standard InChI is InChI=1S/C14H22N4O3/c1-10-7-11(8-21-10)12-15-16-17-18(12)9-14(13(19)20)5-3-2-4-6-14/h10-11H,2-9H2,1H3,(H,19,20). The molecule has 1 saturated carbocycles. The summed E-state index contributed by atoms with van der Waals surface area (Å²) in [7, 11) is 0. The molecule has 0 amide bonds. The minimum atomic E-state index is -0.723. The number of ether oxygens (including phenoxy) is 1. The fourth-order valence-corrected chi connectivity index (χ4v) is 3.57. The third-order valence-corrected chi connectivity index (χ3v) is 4.84. The van der Waals surface area contributed by atoms with Crippen LogP contribution in [0.4, 0.5) is 0 Å². The summed E-state index contributed by atoms with van der Waals surface area (Å²) >= 11 is 0. The van der Waals surface area contributed by atoms with Crippen molar-refractivity contribution in [2.45, 2.75) is 64.0 Å². The van der Waals surface area contributed by atoms with Crippen LogP contribution in [0.3, 0.4) is 0 Å². The second-order valence-corrected chi connectivity index (χ2v) is 6.42. The molecule has 2 heterocycles. The number of hydrogen-bond donors (Lipinski definition) is 1. The van der Waals surface area contributed by atoms with Crippen LogP contribution in [-0.2, 0) is 16.1 Å². The zero-order valence-electron chi connectivity index (χ0n) is 12.4. The van der Waals surface area contributed by atoms with Gasteiger partial charge in [-0.2, -0.15) is 0 Å². The Morgan fingerprint density at radius 1 is 1.43 bits per heavy atom. The van der Waals surface area contributed by atoms with Gasteiger partial charge in [0.15, 0.2) is 5.82 Å². The van der Waals surface area contributed by atoms with Gasteiger partial charge in [0.2, 0.25) is 0 Å². The second-order valence-electron chi connectivity index (χ2n) is 6.42. The number of nitrogens with zero attached hydrogens (tertiary/aromatic N) is 4. The summed E-state index contributed by atoms with van der Waals surface area (Å²) in [5, 5.41) is 21.6. The summed E-state index contributed by atoms with van der Waals surface area (Å²) < 4.78 is 7.28. The lowest BCUT2D eigenvalue weighted by atomic mass is 9.74. The van der Waals surface area contributed by atoms with Crippen molar-refractivity contribution in [1.82, 2.24) is 20.2 Å². The maximum absolute atomic E-state index is 11.8. The highest BCUT2D eigenvalue weighted by atomic mass is 16.5. The lowest BCUT2D eigenvalue weighted by Gasteiger charge is -2.33. The van der Waals surface area contributed by atoms with Gasteiger partial charge in [0.05, 0.1) is 24.7 Å². The summed E-state index contributed by atoms with van der Waals surface area (Å²) in [5.41, 5.74) is -0.715. The van der Waals surface area contributed by atoms with Crippen LogP contribution in [-0.4, -0.2) is 44.0 Å². The van der Waals surface area contributed by atoms with Crippen LogP contribution in [0.15, 0.2) is 0 Å². The van der Waals surface area contributed by atoms with Gasteiger partial charge in [0.25, 0.3) is 0 Å². The molecule has 0 spiro atoms. The van der Waals surface area contributed by atoms with Gasteiger partial charge in [-0.25, -0.2) is 4.68 Å². The predicted molar refractivity (Wildman–Crippen MR) is 73.7 cm³/mol. The molecule has 21 heavy (non-hydrogen) atoms. The molecular formula is C14H22N4O3. The molecule has 2 fully saturated rings. The van der Waals surface area contributed by atoms with E-state index in [9.17, 15) is 9.90 Å². The molecule has 3 rings (SSSR count). The predicted octanol–water partition coefficient (Wildman–Crippen LogP) is 1.60. The average Bonchev–Trinajstić information content (AvgIpc) is 3.08. The van der Waals surface area contributed by atoms with Crippen LogP contribution in [0.2, 0.25) is 0 Å². The highest BCUT2D eigenvalue weighted by Gasteiger charge is 2.41. The highest BCUT2D eigenvalue weighted by Crippen LogP contribution is 2.39. The molecule has 1 saturated heterocycles. The number of aliphatic carboxylic acids is 1. The zero-order valence-corrected chi connectivity index (χ0v) is 12.4. The van der Waals surface area contributed by atoms with Crippen LogP contribution in [0.5, 0.6) is 0 Å². The van der Waals surface area contributed by atoms with Gasteiger partial charge in [-0.1, -0.05) is 19.3 Å². The summed E-state index contributed by atoms with van der Waals surface area (Å²) in [6.07, 6.45) is 5.56. The van der Waals surface area contributed by atoms with E-state index in [0.29, 0.717) is 26.0 Å². The number of tetrazole rings is 1. The van der Waals surface area contributed by atoms with Gasteiger partial charge in [-0.15, -0.1) is 5.10 Å². The Morgan fingerprint density at radius 2 is 2.19 bits per heavy atom. The van der Waals surface area contributed by atoms with E-state index < -0.39 is 11.4 Å². The second kappa shape index (κ2) is 5.71. The zero-order chi connectivity index (χ0) is 14.9. The molecule has 2 unspecified atom stereocenters. The van der Waals surface area contributed by atoms with Crippen molar-refractivity contribution in [1.29, 1.82) is 0 Å². The molecule has 0 radical (unpaired) electrons. The van der Waals surface area contributed by atoms with E-state index in [0.717, 1.165) is 31.5 Å². The Morgan fingerprint density at radius 3 is 2.81 bits per heavy atom. The monoisotopic (exact) mass is 294 g/mol. The quantitative estimate of drug-likeness (QED) is 0.907. The SMILES string of the molecule is CC1CC(c2nnnn2CC2(C(=O)O)CCCCC2)CO1. The van der Waals surface area contributed by atoms with Crippen molar-refractivity contribution in [2.75, 3.05) is 6.61 Å². The molecule has 1 aromatic rings. The van der Waals surface area contributed by atoms with Gasteiger partial charge in [0.1, 0.15) is 0 Å². The molecule has 7 heteroatoms. The van der Waals surface area contributed by atoms with E-state index >= 15 is 0 Å². The van der Waals surface area contributed by atoms with E-state index in [1.807, 2.05) is 6.92 Å². The topological polar surface area (TPSA) is 90.1 Å². The van der Waals surface area contributed by atoms with Crippen molar-refractivity contribution in [2.24, 2.45) is 5.41 Å². The molecule has 7 nitrogen and oxygen atoms in total. The van der Waals surface area contributed by atoms with Gasteiger partial charge < -0.3 is 9.84 Å². The van der Waals surface area contributed by atoms with Gasteiger partial charge >= 0.3 is 5.97 Å². The Hall–Kier alpha value is -1.50. The molecule has 2 atom stereocenters. The van der Waals surface area contributed by atoms with E-state index in [1.54, 1.807) is 4.68 Å². The Labute approximate surface area is 123 Å². The molecule has 1 N–H and O–H groups in total. The first kappa shape index (κ1) is 14.4. The molecule has 116 valence electrons. The van der Waals surface area contributed by atoms with E-state index in [2.05, 4.69) is 15.5 Å². The molecule has 2 aliphatic rings. The van der Waals surface area contributed by atoms with E-state index in [4.69, 9.17) is 4.74 Å². The van der Waals surface area contributed by atoms with Gasteiger partial charge in [-0.3, -0.25) is 4.79 Å². The third kappa shape index (κ3) is 2.79. The smallest absolute Gasteiger partial charge is 0.311 e. The van der Waals surface area contributed by atoms with Crippen molar-refractivity contribution in [3.63, 3.8) is 0 Å². The molecule has 1 aromatic heterocycles. The van der Waals surface area contributed by atoms with Gasteiger partial charge in [0, 0.05) is 5.92 Å². The maximum atomic E-state index is 11.8. The largest absolute Gasteiger partial charge is 0.481 e. The maximum Gasteiger partial charge on any atom is 0.311 e. The van der Waals surface area contributed by atoms with Crippen LogP contribution in [0, 0.1) is 5.41 Å². The first-order chi connectivity index (χ1) is 10.1. The van der Waals surface area contributed by atoms with E-state index in [-0.39, 0.29) is 12.0 Å².